The van der Waals surface area contributed by atoms with E-state index in [9.17, 15) is 9.59 Å². The van der Waals surface area contributed by atoms with E-state index in [2.05, 4.69) is 41.6 Å². The Morgan fingerprint density at radius 2 is 2.06 bits per heavy atom. The third-order valence-corrected chi connectivity index (χ3v) is 2.36. The van der Waals surface area contributed by atoms with Gasteiger partial charge in [0.05, 0.1) is 12.1 Å². The first-order valence-corrected chi connectivity index (χ1v) is 5.75. The molecule has 0 saturated carbocycles. The molecule has 0 aliphatic carbocycles. The fourth-order valence-corrected chi connectivity index (χ4v) is 2.21. The number of halogens is 2. The van der Waals surface area contributed by atoms with Crippen LogP contribution < -0.4 is 0 Å². The molecule has 0 spiro atoms. The molecule has 16 heavy (non-hydrogen) atoms. The van der Waals surface area contributed by atoms with Crippen LogP contribution >= 0.6 is 31.9 Å². The number of carbonyl (C=O) groups is 2. The van der Waals surface area contributed by atoms with Crippen LogP contribution in [0.1, 0.15) is 5.69 Å². The SMILES string of the molecule is O=C(O)COC(=O)Cc1cc(Br)cc(Br)n1. The summed E-state index contributed by atoms with van der Waals surface area (Å²) in [6.45, 7) is -0.631. The molecule has 1 aromatic rings. The van der Waals surface area contributed by atoms with Gasteiger partial charge in [0.25, 0.3) is 0 Å². The second-order valence-corrected chi connectivity index (χ2v) is 4.56. The number of hydrogen-bond acceptors (Lipinski definition) is 4. The Morgan fingerprint density at radius 1 is 1.38 bits per heavy atom. The number of carboxylic acid groups (broad SMARTS) is 1. The average Bonchev–Trinajstić information content (AvgIpc) is 2.12. The van der Waals surface area contributed by atoms with Gasteiger partial charge in [-0.3, -0.25) is 4.79 Å². The zero-order chi connectivity index (χ0) is 12.1. The fraction of sp³-hybridized carbons (Fsp3) is 0.222. The molecule has 0 bridgehead atoms. The Balaban J connectivity index is 2.59. The summed E-state index contributed by atoms with van der Waals surface area (Å²) >= 11 is 6.43. The smallest absolute Gasteiger partial charge is 0.341 e. The first-order valence-electron chi connectivity index (χ1n) is 4.17. The molecule has 0 aliphatic rings. The number of nitrogens with zero attached hydrogens (tertiary/aromatic N) is 1. The summed E-state index contributed by atoms with van der Waals surface area (Å²) in [5.41, 5.74) is 0.497. The van der Waals surface area contributed by atoms with Crippen molar-refractivity contribution in [2.45, 2.75) is 6.42 Å². The summed E-state index contributed by atoms with van der Waals surface area (Å²) in [5, 5.41) is 8.31. The molecular formula is C9H7Br2NO4. The Bertz CT molecular complexity index is 402. The van der Waals surface area contributed by atoms with Gasteiger partial charge < -0.3 is 9.84 Å². The molecule has 7 heteroatoms. The summed E-state index contributed by atoms with van der Waals surface area (Å²) in [7, 11) is 0. The van der Waals surface area contributed by atoms with E-state index in [1.165, 1.54) is 0 Å². The number of rotatable bonds is 4. The highest BCUT2D eigenvalue weighted by Crippen LogP contribution is 2.17. The average molecular weight is 353 g/mol. The van der Waals surface area contributed by atoms with Crippen LogP contribution in [0.3, 0.4) is 0 Å². The molecule has 1 aromatic heterocycles. The van der Waals surface area contributed by atoms with Gasteiger partial charge in [-0.25, -0.2) is 9.78 Å². The zero-order valence-electron chi connectivity index (χ0n) is 7.94. The van der Waals surface area contributed by atoms with Crippen molar-refractivity contribution in [1.82, 2.24) is 4.98 Å². The van der Waals surface area contributed by atoms with Crippen molar-refractivity contribution in [2.24, 2.45) is 0 Å². The lowest BCUT2D eigenvalue weighted by Gasteiger charge is -2.02. The Labute approximate surface area is 108 Å². The van der Waals surface area contributed by atoms with Gasteiger partial charge in [-0.15, -0.1) is 0 Å². The largest absolute Gasteiger partial charge is 0.479 e. The molecule has 0 unspecified atom stereocenters. The molecule has 0 fully saturated rings. The third kappa shape index (κ3) is 4.71. The predicted molar refractivity (Wildman–Crippen MR) is 61.9 cm³/mol. The second kappa shape index (κ2) is 5.95. The molecular weight excluding hydrogens is 346 g/mol. The number of pyridine rings is 1. The van der Waals surface area contributed by atoms with Gasteiger partial charge in [0.2, 0.25) is 0 Å². The van der Waals surface area contributed by atoms with Gasteiger partial charge in [0.15, 0.2) is 6.61 Å². The van der Waals surface area contributed by atoms with E-state index in [1.807, 2.05) is 0 Å². The predicted octanol–water partition coefficient (Wildman–Crippen LogP) is 1.78. The lowest BCUT2D eigenvalue weighted by Crippen LogP contribution is -2.15. The van der Waals surface area contributed by atoms with Gasteiger partial charge in [0.1, 0.15) is 4.60 Å². The highest BCUT2D eigenvalue weighted by molar-refractivity contribution is 9.11. The maximum absolute atomic E-state index is 11.2. The van der Waals surface area contributed by atoms with Crippen molar-refractivity contribution in [2.75, 3.05) is 6.61 Å². The minimum atomic E-state index is -1.18. The minimum Gasteiger partial charge on any atom is -0.479 e. The minimum absolute atomic E-state index is 0.0642. The first kappa shape index (κ1) is 13.1. The quantitative estimate of drug-likeness (QED) is 0.660. The molecule has 0 aliphatic heterocycles. The standard InChI is InChI=1S/C9H7Br2NO4/c10-5-1-6(12-7(11)2-5)3-9(15)16-4-8(13)14/h1-2H,3-4H2,(H,13,14). The van der Waals surface area contributed by atoms with Crippen LogP contribution in [0.5, 0.6) is 0 Å². The lowest BCUT2D eigenvalue weighted by atomic mass is 10.3. The highest BCUT2D eigenvalue weighted by atomic mass is 79.9. The van der Waals surface area contributed by atoms with Crippen LogP contribution in [-0.4, -0.2) is 28.6 Å². The maximum atomic E-state index is 11.2. The summed E-state index contributed by atoms with van der Waals surface area (Å²) in [4.78, 5) is 25.4. The monoisotopic (exact) mass is 351 g/mol. The summed E-state index contributed by atoms with van der Waals surface area (Å²) in [6.07, 6.45) is -0.0642. The van der Waals surface area contributed by atoms with Crippen molar-refractivity contribution < 1.29 is 19.4 Å². The second-order valence-electron chi connectivity index (χ2n) is 2.83. The van der Waals surface area contributed by atoms with Crippen molar-refractivity contribution >= 4 is 43.8 Å². The molecule has 0 amide bonds. The van der Waals surface area contributed by atoms with Crippen LogP contribution in [0.15, 0.2) is 21.2 Å². The molecule has 1 N–H and O–H groups in total. The van der Waals surface area contributed by atoms with Gasteiger partial charge >= 0.3 is 11.9 Å². The summed E-state index contributed by atoms with van der Waals surface area (Å²) in [5.74, 6) is -1.81. The number of ether oxygens (including phenoxy) is 1. The van der Waals surface area contributed by atoms with Gasteiger partial charge in [-0.2, -0.15) is 0 Å². The number of carbonyl (C=O) groups excluding carboxylic acids is 1. The zero-order valence-corrected chi connectivity index (χ0v) is 11.1. The number of carboxylic acids is 1. The Kier molecular flexibility index (Phi) is 4.88. The van der Waals surface area contributed by atoms with Gasteiger partial charge in [-0.1, -0.05) is 15.9 Å². The number of hydrogen-bond donors (Lipinski definition) is 1. The molecule has 0 radical (unpaired) electrons. The van der Waals surface area contributed by atoms with Gasteiger partial charge in [0, 0.05) is 4.47 Å². The number of esters is 1. The number of aliphatic carboxylic acids is 1. The Morgan fingerprint density at radius 3 is 2.62 bits per heavy atom. The van der Waals surface area contributed by atoms with Crippen LogP contribution in [-0.2, 0) is 20.7 Å². The van der Waals surface area contributed by atoms with Crippen molar-refractivity contribution in [3.05, 3.63) is 26.9 Å². The normalized spacial score (nSPS) is 9.88. The number of aromatic nitrogens is 1. The Hall–Kier alpha value is -0.950. The maximum Gasteiger partial charge on any atom is 0.341 e. The molecule has 0 aromatic carbocycles. The van der Waals surface area contributed by atoms with E-state index in [0.717, 1.165) is 4.47 Å². The van der Waals surface area contributed by atoms with Crippen molar-refractivity contribution in [3.63, 3.8) is 0 Å². The van der Waals surface area contributed by atoms with Crippen LogP contribution in [0, 0.1) is 0 Å². The van der Waals surface area contributed by atoms with Crippen LogP contribution in [0.2, 0.25) is 0 Å². The third-order valence-electron chi connectivity index (χ3n) is 1.49. The highest BCUT2D eigenvalue weighted by Gasteiger charge is 2.09. The molecule has 0 atom stereocenters. The van der Waals surface area contributed by atoms with E-state index < -0.39 is 18.5 Å². The summed E-state index contributed by atoms with van der Waals surface area (Å²) < 4.78 is 5.84. The van der Waals surface area contributed by atoms with E-state index in [1.54, 1.807) is 12.1 Å². The van der Waals surface area contributed by atoms with Crippen molar-refractivity contribution in [1.29, 1.82) is 0 Å². The molecule has 0 saturated heterocycles. The van der Waals surface area contributed by atoms with E-state index in [-0.39, 0.29) is 6.42 Å². The lowest BCUT2D eigenvalue weighted by molar-refractivity contribution is -0.154. The summed E-state index contributed by atoms with van der Waals surface area (Å²) in [6, 6.07) is 3.39. The topological polar surface area (TPSA) is 76.5 Å². The van der Waals surface area contributed by atoms with Gasteiger partial charge in [-0.05, 0) is 28.1 Å². The van der Waals surface area contributed by atoms with E-state index in [0.29, 0.717) is 10.3 Å². The molecule has 5 nitrogen and oxygen atoms in total. The van der Waals surface area contributed by atoms with Crippen LogP contribution in [0.4, 0.5) is 0 Å². The molecule has 86 valence electrons. The van der Waals surface area contributed by atoms with Crippen LogP contribution in [0.25, 0.3) is 0 Å². The molecule has 1 heterocycles. The molecule has 1 rings (SSSR count). The fourth-order valence-electron chi connectivity index (χ4n) is 0.948. The van der Waals surface area contributed by atoms with E-state index >= 15 is 0 Å². The van der Waals surface area contributed by atoms with E-state index in [4.69, 9.17) is 5.11 Å². The van der Waals surface area contributed by atoms with Crippen molar-refractivity contribution in [3.8, 4) is 0 Å². The first-order chi connectivity index (χ1) is 7.47.